The molecule has 1 saturated heterocycles. The van der Waals surface area contributed by atoms with Gasteiger partial charge in [0, 0.05) is 31.2 Å². The summed E-state index contributed by atoms with van der Waals surface area (Å²) in [5.74, 6) is 0. The number of morpholine rings is 1. The highest BCUT2D eigenvalue weighted by molar-refractivity contribution is 7.89. The van der Waals surface area contributed by atoms with Gasteiger partial charge in [0.1, 0.15) is 0 Å². The van der Waals surface area contributed by atoms with Crippen LogP contribution in [0.3, 0.4) is 0 Å². The molecule has 2 aromatic rings. The topological polar surface area (TPSA) is 72.4 Å². The second-order valence-corrected chi connectivity index (χ2v) is 7.28. The summed E-state index contributed by atoms with van der Waals surface area (Å²) in [6.45, 7) is 1.21. The highest BCUT2D eigenvalue weighted by atomic mass is 32.2. The van der Waals surface area contributed by atoms with Crippen LogP contribution in [-0.2, 0) is 21.2 Å². The SMILES string of the molecule is O=S(=O)(c1ccccc1)N1CCOCC1CCc1cnccn1. The van der Waals surface area contributed by atoms with Crippen molar-refractivity contribution in [1.29, 1.82) is 0 Å². The fraction of sp³-hybridized carbons (Fsp3) is 0.375. The van der Waals surface area contributed by atoms with E-state index in [4.69, 9.17) is 4.74 Å². The van der Waals surface area contributed by atoms with Gasteiger partial charge >= 0.3 is 0 Å². The van der Waals surface area contributed by atoms with Crippen LogP contribution >= 0.6 is 0 Å². The Morgan fingerprint density at radius 1 is 1.22 bits per heavy atom. The van der Waals surface area contributed by atoms with Crippen molar-refractivity contribution < 1.29 is 13.2 Å². The molecule has 7 heteroatoms. The van der Waals surface area contributed by atoms with Gasteiger partial charge in [-0.15, -0.1) is 0 Å². The summed E-state index contributed by atoms with van der Waals surface area (Å²) in [5, 5.41) is 0. The molecule has 0 saturated carbocycles. The Morgan fingerprint density at radius 3 is 2.78 bits per heavy atom. The maximum atomic E-state index is 12.9. The van der Waals surface area contributed by atoms with Crippen LogP contribution < -0.4 is 0 Å². The maximum Gasteiger partial charge on any atom is 0.243 e. The number of hydrogen-bond donors (Lipinski definition) is 0. The van der Waals surface area contributed by atoms with E-state index in [2.05, 4.69) is 9.97 Å². The third kappa shape index (κ3) is 3.74. The van der Waals surface area contributed by atoms with Crippen molar-refractivity contribution in [3.8, 4) is 0 Å². The molecule has 122 valence electrons. The van der Waals surface area contributed by atoms with Crippen molar-refractivity contribution in [2.24, 2.45) is 0 Å². The number of nitrogens with zero attached hydrogens (tertiary/aromatic N) is 3. The molecule has 6 nitrogen and oxygen atoms in total. The van der Waals surface area contributed by atoms with Gasteiger partial charge in [-0.05, 0) is 25.0 Å². The summed E-state index contributed by atoms with van der Waals surface area (Å²) in [5.41, 5.74) is 0.857. The van der Waals surface area contributed by atoms with E-state index in [0.717, 1.165) is 5.69 Å². The van der Waals surface area contributed by atoms with Crippen molar-refractivity contribution in [3.63, 3.8) is 0 Å². The number of sulfonamides is 1. The summed E-state index contributed by atoms with van der Waals surface area (Å²) < 4.78 is 32.8. The second-order valence-electron chi connectivity index (χ2n) is 5.39. The average molecular weight is 333 g/mol. The second kappa shape index (κ2) is 7.16. The number of rotatable bonds is 5. The molecule has 3 rings (SSSR count). The van der Waals surface area contributed by atoms with Crippen molar-refractivity contribution in [3.05, 3.63) is 54.6 Å². The molecular weight excluding hydrogens is 314 g/mol. The van der Waals surface area contributed by atoms with E-state index in [0.29, 0.717) is 37.5 Å². The first-order valence-electron chi connectivity index (χ1n) is 7.57. The molecule has 2 heterocycles. The molecule has 23 heavy (non-hydrogen) atoms. The minimum Gasteiger partial charge on any atom is -0.378 e. The zero-order chi connectivity index (χ0) is 16.1. The monoisotopic (exact) mass is 333 g/mol. The zero-order valence-electron chi connectivity index (χ0n) is 12.7. The lowest BCUT2D eigenvalue weighted by atomic mass is 10.1. The first kappa shape index (κ1) is 16.0. The number of aromatic nitrogens is 2. The van der Waals surface area contributed by atoms with Crippen molar-refractivity contribution >= 4 is 10.0 Å². The lowest BCUT2D eigenvalue weighted by Gasteiger charge is -2.34. The van der Waals surface area contributed by atoms with Gasteiger partial charge in [0.2, 0.25) is 10.0 Å². The summed E-state index contributed by atoms with van der Waals surface area (Å²) in [6, 6.07) is 8.36. The molecule has 0 amide bonds. The van der Waals surface area contributed by atoms with Crippen LogP contribution in [-0.4, -0.2) is 48.5 Å². The number of hydrogen-bond acceptors (Lipinski definition) is 5. The average Bonchev–Trinajstić information content (AvgIpc) is 2.62. The van der Waals surface area contributed by atoms with Gasteiger partial charge in [-0.2, -0.15) is 4.31 Å². The molecule has 0 bridgehead atoms. The van der Waals surface area contributed by atoms with Gasteiger partial charge in [0.15, 0.2) is 0 Å². The fourth-order valence-electron chi connectivity index (χ4n) is 2.68. The lowest BCUT2D eigenvalue weighted by molar-refractivity contribution is 0.0297. The normalized spacial score (nSPS) is 19.6. The molecule has 1 aliphatic rings. The third-order valence-corrected chi connectivity index (χ3v) is 5.84. The molecule has 0 N–H and O–H groups in total. The smallest absolute Gasteiger partial charge is 0.243 e. The lowest BCUT2D eigenvalue weighted by Crippen LogP contribution is -2.48. The van der Waals surface area contributed by atoms with E-state index in [1.807, 2.05) is 6.07 Å². The van der Waals surface area contributed by atoms with Crippen LogP contribution in [0.15, 0.2) is 53.8 Å². The van der Waals surface area contributed by atoms with E-state index in [9.17, 15) is 8.42 Å². The molecule has 1 unspecified atom stereocenters. The van der Waals surface area contributed by atoms with Crippen LogP contribution in [0.1, 0.15) is 12.1 Å². The standard InChI is InChI=1S/C16H19N3O3S/c20-23(21,16-4-2-1-3-5-16)19-10-11-22-13-15(19)7-6-14-12-17-8-9-18-14/h1-5,8-9,12,15H,6-7,10-11,13H2. The number of benzene rings is 1. The largest absolute Gasteiger partial charge is 0.378 e. The first-order valence-corrected chi connectivity index (χ1v) is 9.01. The van der Waals surface area contributed by atoms with Crippen molar-refractivity contribution in [2.45, 2.75) is 23.8 Å². The predicted octanol–water partition coefficient (Wildman–Crippen LogP) is 1.50. The number of ether oxygens (including phenoxy) is 1. The van der Waals surface area contributed by atoms with Gasteiger partial charge in [0.05, 0.1) is 23.8 Å². The number of aryl methyl sites for hydroxylation is 1. The van der Waals surface area contributed by atoms with Gasteiger partial charge < -0.3 is 4.74 Å². The molecule has 1 fully saturated rings. The zero-order valence-corrected chi connectivity index (χ0v) is 13.5. The molecule has 1 aliphatic heterocycles. The Hall–Kier alpha value is -1.83. The Bertz CT molecular complexity index is 723. The molecule has 0 radical (unpaired) electrons. The maximum absolute atomic E-state index is 12.9. The minimum absolute atomic E-state index is 0.184. The van der Waals surface area contributed by atoms with Crippen molar-refractivity contribution in [1.82, 2.24) is 14.3 Å². The van der Waals surface area contributed by atoms with E-state index in [-0.39, 0.29) is 6.04 Å². The van der Waals surface area contributed by atoms with Gasteiger partial charge in [-0.3, -0.25) is 9.97 Å². The van der Waals surface area contributed by atoms with Crippen LogP contribution in [0.5, 0.6) is 0 Å². The van der Waals surface area contributed by atoms with Crippen LogP contribution in [0.25, 0.3) is 0 Å². The van der Waals surface area contributed by atoms with Gasteiger partial charge in [-0.1, -0.05) is 18.2 Å². The highest BCUT2D eigenvalue weighted by Gasteiger charge is 2.33. The summed E-state index contributed by atoms with van der Waals surface area (Å²) in [6.07, 6.45) is 6.30. The Balaban J connectivity index is 1.76. The van der Waals surface area contributed by atoms with E-state index < -0.39 is 10.0 Å². The van der Waals surface area contributed by atoms with E-state index in [1.54, 1.807) is 47.2 Å². The molecule has 1 aromatic heterocycles. The minimum atomic E-state index is -3.50. The molecule has 1 atom stereocenters. The molecule has 0 aliphatic carbocycles. The Kier molecular flexibility index (Phi) is 5.00. The molecule has 1 aromatic carbocycles. The molecule has 0 spiro atoms. The Labute approximate surface area is 136 Å². The van der Waals surface area contributed by atoms with Gasteiger partial charge in [0.25, 0.3) is 0 Å². The van der Waals surface area contributed by atoms with Crippen LogP contribution in [0.4, 0.5) is 0 Å². The highest BCUT2D eigenvalue weighted by Crippen LogP contribution is 2.22. The summed E-state index contributed by atoms with van der Waals surface area (Å²) >= 11 is 0. The summed E-state index contributed by atoms with van der Waals surface area (Å²) in [4.78, 5) is 8.60. The van der Waals surface area contributed by atoms with E-state index in [1.165, 1.54) is 0 Å². The quantitative estimate of drug-likeness (QED) is 0.829. The fourth-order valence-corrected chi connectivity index (χ4v) is 4.33. The Morgan fingerprint density at radius 2 is 2.04 bits per heavy atom. The van der Waals surface area contributed by atoms with Crippen LogP contribution in [0, 0.1) is 0 Å². The van der Waals surface area contributed by atoms with E-state index >= 15 is 0 Å². The molecular formula is C16H19N3O3S. The van der Waals surface area contributed by atoms with Crippen LogP contribution in [0.2, 0.25) is 0 Å². The first-order chi connectivity index (χ1) is 11.2. The summed E-state index contributed by atoms with van der Waals surface area (Å²) in [7, 11) is -3.50. The third-order valence-electron chi connectivity index (χ3n) is 3.87. The predicted molar refractivity (Wildman–Crippen MR) is 85.3 cm³/mol. The van der Waals surface area contributed by atoms with Gasteiger partial charge in [-0.25, -0.2) is 8.42 Å². The van der Waals surface area contributed by atoms with Crippen molar-refractivity contribution in [2.75, 3.05) is 19.8 Å².